The van der Waals surface area contributed by atoms with Crippen molar-refractivity contribution >= 4 is 0 Å². The van der Waals surface area contributed by atoms with E-state index in [1.165, 1.54) is 64.6 Å². The van der Waals surface area contributed by atoms with Crippen LogP contribution in [-0.2, 0) is 0 Å². The van der Waals surface area contributed by atoms with Crippen LogP contribution in [0.5, 0.6) is 0 Å². The van der Waals surface area contributed by atoms with Gasteiger partial charge in [0.2, 0.25) is 0 Å². The Balaban J connectivity index is 1.56. The van der Waals surface area contributed by atoms with Gasteiger partial charge in [0, 0.05) is 25.2 Å². The van der Waals surface area contributed by atoms with Crippen LogP contribution >= 0.6 is 0 Å². The molecule has 98 valence electrons. The van der Waals surface area contributed by atoms with Crippen molar-refractivity contribution in [3.63, 3.8) is 0 Å². The van der Waals surface area contributed by atoms with Gasteiger partial charge in [0.1, 0.15) is 0 Å². The molecular formula is C15H28N2. The van der Waals surface area contributed by atoms with Crippen LogP contribution < -0.4 is 5.32 Å². The van der Waals surface area contributed by atoms with Crippen LogP contribution in [0.1, 0.15) is 51.9 Å². The van der Waals surface area contributed by atoms with Gasteiger partial charge < -0.3 is 5.32 Å². The molecule has 2 heteroatoms. The van der Waals surface area contributed by atoms with Crippen molar-refractivity contribution in [3.05, 3.63) is 0 Å². The molecule has 0 aromatic heterocycles. The SMILES string of the molecule is CCCNC1CCCC1N1CC2CCCC2C1. The van der Waals surface area contributed by atoms with E-state index in [-0.39, 0.29) is 0 Å². The maximum absolute atomic E-state index is 3.78. The first kappa shape index (κ1) is 12.0. The standard InChI is InChI=1S/C15H28N2/c1-2-9-16-14-7-4-8-15(14)17-10-12-5-3-6-13(12)11-17/h12-16H,2-11H2,1H3. The molecule has 4 atom stereocenters. The van der Waals surface area contributed by atoms with Crippen molar-refractivity contribution < 1.29 is 0 Å². The highest BCUT2D eigenvalue weighted by Gasteiger charge is 2.41. The van der Waals surface area contributed by atoms with E-state index in [1.807, 2.05) is 0 Å². The van der Waals surface area contributed by atoms with Gasteiger partial charge in [0.05, 0.1) is 0 Å². The van der Waals surface area contributed by atoms with Crippen LogP contribution in [-0.4, -0.2) is 36.6 Å². The number of nitrogens with one attached hydrogen (secondary N) is 1. The summed E-state index contributed by atoms with van der Waals surface area (Å²) >= 11 is 0. The van der Waals surface area contributed by atoms with Crippen molar-refractivity contribution in [2.24, 2.45) is 11.8 Å². The normalized spacial score (nSPS) is 42.2. The highest BCUT2D eigenvalue weighted by Crippen LogP contribution is 2.40. The molecule has 1 heterocycles. The minimum absolute atomic E-state index is 0.800. The Bertz CT molecular complexity index is 241. The summed E-state index contributed by atoms with van der Waals surface area (Å²) in [7, 11) is 0. The van der Waals surface area contributed by atoms with E-state index in [9.17, 15) is 0 Å². The first-order valence-corrected chi connectivity index (χ1v) is 7.86. The van der Waals surface area contributed by atoms with Gasteiger partial charge in [0.15, 0.2) is 0 Å². The first-order chi connectivity index (χ1) is 8.38. The molecule has 2 nitrogen and oxygen atoms in total. The summed E-state index contributed by atoms with van der Waals surface area (Å²) in [6, 6.07) is 1.67. The lowest BCUT2D eigenvalue weighted by Gasteiger charge is -2.30. The van der Waals surface area contributed by atoms with Gasteiger partial charge in [-0.3, -0.25) is 4.90 Å². The number of rotatable bonds is 4. The summed E-state index contributed by atoms with van der Waals surface area (Å²) in [6.45, 7) is 6.32. The zero-order chi connectivity index (χ0) is 11.7. The summed E-state index contributed by atoms with van der Waals surface area (Å²) in [5.74, 6) is 2.12. The van der Waals surface area contributed by atoms with Gasteiger partial charge in [0.25, 0.3) is 0 Å². The monoisotopic (exact) mass is 236 g/mol. The van der Waals surface area contributed by atoms with Gasteiger partial charge in [-0.15, -0.1) is 0 Å². The van der Waals surface area contributed by atoms with Crippen LogP contribution in [0.2, 0.25) is 0 Å². The average molecular weight is 236 g/mol. The second kappa shape index (κ2) is 5.27. The van der Waals surface area contributed by atoms with E-state index in [4.69, 9.17) is 0 Å². The Morgan fingerprint density at radius 2 is 1.71 bits per heavy atom. The predicted octanol–water partition coefficient (Wildman–Crippen LogP) is 2.64. The predicted molar refractivity (Wildman–Crippen MR) is 72.1 cm³/mol. The first-order valence-electron chi connectivity index (χ1n) is 7.86. The lowest BCUT2D eigenvalue weighted by atomic mass is 10.0. The van der Waals surface area contributed by atoms with Gasteiger partial charge in [-0.05, 0) is 50.5 Å². The molecule has 0 amide bonds. The van der Waals surface area contributed by atoms with Crippen molar-refractivity contribution in [3.8, 4) is 0 Å². The van der Waals surface area contributed by atoms with E-state index < -0.39 is 0 Å². The van der Waals surface area contributed by atoms with Crippen molar-refractivity contribution in [1.82, 2.24) is 10.2 Å². The summed E-state index contributed by atoms with van der Waals surface area (Å²) in [5, 5.41) is 3.78. The molecule has 3 rings (SSSR count). The molecule has 3 fully saturated rings. The second-order valence-electron chi connectivity index (χ2n) is 6.46. The zero-order valence-corrected chi connectivity index (χ0v) is 11.3. The van der Waals surface area contributed by atoms with Gasteiger partial charge in [-0.2, -0.15) is 0 Å². The molecule has 0 radical (unpaired) electrons. The fourth-order valence-electron chi connectivity index (χ4n) is 4.49. The topological polar surface area (TPSA) is 15.3 Å². The molecule has 1 saturated heterocycles. The fraction of sp³-hybridized carbons (Fsp3) is 1.00. The van der Waals surface area contributed by atoms with Gasteiger partial charge >= 0.3 is 0 Å². The lowest BCUT2D eigenvalue weighted by Crippen LogP contribution is -2.46. The highest BCUT2D eigenvalue weighted by molar-refractivity contribution is 4.97. The third kappa shape index (κ3) is 2.39. The molecule has 0 aromatic carbocycles. The summed E-state index contributed by atoms with van der Waals surface area (Å²) in [5.41, 5.74) is 0. The fourth-order valence-corrected chi connectivity index (χ4v) is 4.49. The Kier molecular flexibility index (Phi) is 3.72. The Labute approximate surface area is 106 Å². The Hall–Kier alpha value is -0.0800. The number of nitrogens with zero attached hydrogens (tertiary/aromatic N) is 1. The number of hydrogen-bond acceptors (Lipinski definition) is 2. The highest BCUT2D eigenvalue weighted by atomic mass is 15.2. The van der Waals surface area contributed by atoms with E-state index in [1.54, 1.807) is 0 Å². The van der Waals surface area contributed by atoms with Crippen molar-refractivity contribution in [2.45, 2.75) is 64.0 Å². The minimum Gasteiger partial charge on any atom is -0.312 e. The quantitative estimate of drug-likeness (QED) is 0.807. The van der Waals surface area contributed by atoms with E-state index >= 15 is 0 Å². The third-order valence-corrected chi connectivity index (χ3v) is 5.36. The molecule has 2 saturated carbocycles. The van der Waals surface area contributed by atoms with Crippen LogP contribution in [0.3, 0.4) is 0 Å². The Morgan fingerprint density at radius 3 is 2.41 bits per heavy atom. The molecule has 4 unspecified atom stereocenters. The maximum Gasteiger partial charge on any atom is 0.0249 e. The number of likely N-dealkylation sites (tertiary alicyclic amines) is 1. The third-order valence-electron chi connectivity index (χ3n) is 5.36. The van der Waals surface area contributed by atoms with Gasteiger partial charge in [-0.1, -0.05) is 19.8 Å². The molecule has 0 spiro atoms. The van der Waals surface area contributed by atoms with Crippen LogP contribution in [0, 0.1) is 11.8 Å². The van der Waals surface area contributed by atoms with E-state index in [0.29, 0.717) is 0 Å². The molecule has 1 N–H and O–H groups in total. The van der Waals surface area contributed by atoms with Crippen LogP contribution in [0.4, 0.5) is 0 Å². The molecule has 17 heavy (non-hydrogen) atoms. The van der Waals surface area contributed by atoms with Crippen LogP contribution in [0.25, 0.3) is 0 Å². The maximum atomic E-state index is 3.78. The molecule has 2 aliphatic carbocycles. The largest absolute Gasteiger partial charge is 0.312 e. The summed E-state index contributed by atoms with van der Waals surface area (Å²) in [6.07, 6.45) is 10.1. The van der Waals surface area contributed by atoms with Gasteiger partial charge in [-0.25, -0.2) is 0 Å². The lowest BCUT2D eigenvalue weighted by molar-refractivity contribution is 0.196. The molecule has 3 aliphatic rings. The van der Waals surface area contributed by atoms with Crippen molar-refractivity contribution in [2.75, 3.05) is 19.6 Å². The summed E-state index contributed by atoms with van der Waals surface area (Å²) in [4.78, 5) is 2.84. The number of hydrogen-bond donors (Lipinski definition) is 1. The molecule has 0 bridgehead atoms. The van der Waals surface area contributed by atoms with Crippen molar-refractivity contribution in [1.29, 1.82) is 0 Å². The second-order valence-corrected chi connectivity index (χ2v) is 6.46. The van der Waals surface area contributed by atoms with E-state index in [2.05, 4.69) is 17.1 Å². The smallest absolute Gasteiger partial charge is 0.0249 e. The molecule has 1 aliphatic heterocycles. The molecular weight excluding hydrogens is 208 g/mol. The van der Waals surface area contributed by atoms with E-state index in [0.717, 1.165) is 23.9 Å². The molecule has 0 aromatic rings. The zero-order valence-electron chi connectivity index (χ0n) is 11.3. The average Bonchev–Trinajstić information content (AvgIpc) is 2.99. The minimum atomic E-state index is 0.800. The summed E-state index contributed by atoms with van der Waals surface area (Å²) < 4.78 is 0. The van der Waals surface area contributed by atoms with Crippen LogP contribution in [0.15, 0.2) is 0 Å². The number of fused-ring (bicyclic) bond motifs is 1. The Morgan fingerprint density at radius 1 is 1.00 bits per heavy atom.